The van der Waals surface area contributed by atoms with E-state index in [-0.39, 0.29) is 31.4 Å². The van der Waals surface area contributed by atoms with E-state index in [2.05, 4.69) is 10.2 Å². The van der Waals surface area contributed by atoms with Gasteiger partial charge in [-0.05, 0) is 6.07 Å². The molecular formula is C5H12MgN2O3. The Morgan fingerprint density at radius 3 is 2.27 bits per heavy atom. The van der Waals surface area contributed by atoms with Crippen LogP contribution >= 0.6 is 0 Å². The van der Waals surface area contributed by atoms with E-state index in [0.717, 1.165) is 6.92 Å². The number of hydrogen-bond donors (Lipinski definition) is 2. The number of carbonyl (C=O) groups is 1. The third kappa shape index (κ3) is 26.6. The van der Waals surface area contributed by atoms with Gasteiger partial charge in [0, 0.05) is 19.3 Å². The normalized spacial score (nSPS) is 5.91. The zero-order chi connectivity index (χ0) is 7.11. The molecule has 62 valence electrons. The standard InChI is InChI=1S/C3H4N2.C2H4O2.Mg.H2O.2H/c1-2-4-5-3-1;1-2(3)4;;;;/h1-3H,(H,4,5);1H3,(H,3,4);;1H2;;/q;;+2;;2*-1. The molecule has 0 aliphatic rings. The molecule has 0 aliphatic carbocycles. The van der Waals surface area contributed by atoms with Crippen LogP contribution < -0.4 is 0 Å². The van der Waals surface area contributed by atoms with E-state index in [1.165, 1.54) is 0 Å². The Balaban J connectivity index is -0.0000000256. The molecule has 0 amide bonds. The average molecular weight is 172 g/mol. The fourth-order valence-electron chi connectivity index (χ4n) is 0.215. The largest absolute Gasteiger partial charge is 2.00 e. The Morgan fingerprint density at radius 1 is 1.73 bits per heavy atom. The molecule has 0 saturated heterocycles. The predicted octanol–water partition coefficient (Wildman–Crippen LogP) is -0.480. The van der Waals surface area contributed by atoms with Crippen LogP contribution in [0.4, 0.5) is 0 Å². The van der Waals surface area contributed by atoms with Crippen molar-refractivity contribution in [2.24, 2.45) is 0 Å². The number of H-pyrrole nitrogens is 1. The van der Waals surface area contributed by atoms with E-state index < -0.39 is 5.97 Å². The summed E-state index contributed by atoms with van der Waals surface area (Å²) in [6, 6.07) is 1.83. The molecule has 0 spiro atoms. The monoisotopic (exact) mass is 172 g/mol. The number of carboxylic acid groups (broad SMARTS) is 1. The van der Waals surface area contributed by atoms with E-state index in [4.69, 9.17) is 9.90 Å². The van der Waals surface area contributed by atoms with Crippen LogP contribution in [0.1, 0.15) is 9.78 Å². The molecule has 11 heavy (non-hydrogen) atoms. The number of nitrogens with one attached hydrogen (secondary N) is 1. The fraction of sp³-hybridized carbons (Fsp3) is 0.200. The summed E-state index contributed by atoms with van der Waals surface area (Å²) < 4.78 is 0. The molecule has 0 radical (unpaired) electrons. The zero-order valence-corrected chi connectivity index (χ0v) is 7.66. The predicted molar refractivity (Wildman–Crippen MR) is 43.5 cm³/mol. The summed E-state index contributed by atoms with van der Waals surface area (Å²) in [5.74, 6) is -0.833. The number of aliphatic carboxylic acids is 1. The average Bonchev–Trinajstić information content (AvgIpc) is 2.11. The van der Waals surface area contributed by atoms with Gasteiger partial charge in [-0.15, -0.1) is 0 Å². The van der Waals surface area contributed by atoms with E-state index in [0.29, 0.717) is 0 Å². The first-order chi connectivity index (χ1) is 4.23. The van der Waals surface area contributed by atoms with Crippen LogP contribution in [0.2, 0.25) is 0 Å². The van der Waals surface area contributed by atoms with Crippen molar-refractivity contribution in [1.82, 2.24) is 10.2 Å². The molecule has 5 nitrogen and oxygen atoms in total. The molecule has 0 aromatic carbocycles. The first-order valence-corrected chi connectivity index (χ1v) is 2.36. The summed E-state index contributed by atoms with van der Waals surface area (Å²) in [4.78, 5) is 9.00. The minimum Gasteiger partial charge on any atom is -1.00 e. The fourth-order valence-corrected chi connectivity index (χ4v) is 0.215. The summed E-state index contributed by atoms with van der Waals surface area (Å²) in [5, 5.41) is 13.6. The van der Waals surface area contributed by atoms with Gasteiger partial charge in [-0.3, -0.25) is 9.89 Å². The van der Waals surface area contributed by atoms with Crippen molar-refractivity contribution in [2.75, 3.05) is 0 Å². The topological polar surface area (TPSA) is 97.5 Å². The molecule has 1 rings (SSSR count). The van der Waals surface area contributed by atoms with Crippen LogP contribution in [0.15, 0.2) is 18.5 Å². The van der Waals surface area contributed by atoms with Crippen LogP contribution in [-0.2, 0) is 4.79 Å². The van der Waals surface area contributed by atoms with Gasteiger partial charge in [-0.1, -0.05) is 0 Å². The number of hydrogen-bond acceptors (Lipinski definition) is 2. The molecule has 1 aromatic heterocycles. The van der Waals surface area contributed by atoms with Crippen molar-refractivity contribution in [1.29, 1.82) is 0 Å². The number of aromatic nitrogens is 2. The van der Waals surface area contributed by atoms with Crippen molar-refractivity contribution in [3.63, 3.8) is 0 Å². The first kappa shape index (κ1) is 16.8. The summed E-state index contributed by atoms with van der Waals surface area (Å²) >= 11 is 0. The van der Waals surface area contributed by atoms with Gasteiger partial charge in [0.1, 0.15) is 0 Å². The maximum Gasteiger partial charge on any atom is 2.00 e. The van der Waals surface area contributed by atoms with E-state index in [1.807, 2.05) is 6.07 Å². The molecule has 0 fully saturated rings. The van der Waals surface area contributed by atoms with Gasteiger partial charge in [-0.25, -0.2) is 0 Å². The van der Waals surface area contributed by atoms with Crippen molar-refractivity contribution in [3.8, 4) is 0 Å². The number of carboxylic acids is 1. The van der Waals surface area contributed by atoms with Gasteiger partial charge in [0.2, 0.25) is 0 Å². The zero-order valence-electron chi connectivity index (χ0n) is 8.24. The van der Waals surface area contributed by atoms with Gasteiger partial charge in [-0.2, -0.15) is 5.10 Å². The van der Waals surface area contributed by atoms with E-state index >= 15 is 0 Å². The number of nitrogens with zero attached hydrogens (tertiary/aromatic N) is 1. The van der Waals surface area contributed by atoms with Crippen molar-refractivity contribution in [3.05, 3.63) is 18.5 Å². The quantitative estimate of drug-likeness (QED) is 0.517. The third-order valence-electron chi connectivity index (χ3n) is 0.406. The van der Waals surface area contributed by atoms with Gasteiger partial charge >= 0.3 is 23.1 Å². The number of aromatic amines is 1. The maximum absolute atomic E-state index is 9.00. The molecule has 0 aliphatic heterocycles. The molecule has 0 saturated carbocycles. The van der Waals surface area contributed by atoms with Gasteiger partial charge in [0.25, 0.3) is 5.97 Å². The smallest absolute Gasteiger partial charge is 1.00 e. The maximum atomic E-state index is 9.00. The molecule has 0 bridgehead atoms. The summed E-state index contributed by atoms with van der Waals surface area (Å²) in [6.45, 7) is 1.08. The molecular weight excluding hydrogens is 160 g/mol. The summed E-state index contributed by atoms with van der Waals surface area (Å²) in [6.07, 6.45) is 3.46. The van der Waals surface area contributed by atoms with E-state index in [1.54, 1.807) is 12.4 Å². The molecule has 6 heteroatoms. The Bertz CT molecular complexity index is 142. The minimum absolute atomic E-state index is 0. The Hall–Kier alpha value is -0.594. The van der Waals surface area contributed by atoms with Gasteiger partial charge in [0.05, 0.1) is 0 Å². The Labute approximate surface area is 83.2 Å². The second kappa shape index (κ2) is 12.1. The second-order valence-corrected chi connectivity index (χ2v) is 1.29. The molecule has 0 atom stereocenters. The van der Waals surface area contributed by atoms with Crippen LogP contribution in [0.25, 0.3) is 0 Å². The Kier molecular flexibility index (Phi) is 18.5. The van der Waals surface area contributed by atoms with Crippen LogP contribution in [0.3, 0.4) is 0 Å². The van der Waals surface area contributed by atoms with E-state index in [9.17, 15) is 0 Å². The molecule has 1 heterocycles. The molecule has 1 aromatic rings. The third-order valence-corrected chi connectivity index (χ3v) is 0.406. The summed E-state index contributed by atoms with van der Waals surface area (Å²) in [7, 11) is 0. The van der Waals surface area contributed by atoms with Crippen molar-refractivity contribution < 1.29 is 18.2 Å². The SMILES string of the molecule is CC(=O)O.O.[H-].[H-].[Mg+2].c1cn[nH]c1. The Morgan fingerprint density at radius 2 is 2.18 bits per heavy atom. The molecule has 0 unspecified atom stereocenters. The van der Waals surface area contributed by atoms with Crippen molar-refractivity contribution >= 4 is 29.0 Å². The minimum atomic E-state index is -0.833. The second-order valence-electron chi connectivity index (χ2n) is 1.29. The van der Waals surface area contributed by atoms with Crippen LogP contribution in [0, 0.1) is 0 Å². The number of rotatable bonds is 0. The molecule has 4 N–H and O–H groups in total. The van der Waals surface area contributed by atoms with Gasteiger partial charge in [0.15, 0.2) is 0 Å². The first-order valence-electron chi connectivity index (χ1n) is 2.36. The van der Waals surface area contributed by atoms with Crippen LogP contribution in [0.5, 0.6) is 0 Å². The van der Waals surface area contributed by atoms with Crippen molar-refractivity contribution in [2.45, 2.75) is 6.92 Å². The summed E-state index contributed by atoms with van der Waals surface area (Å²) in [5.41, 5.74) is 0. The van der Waals surface area contributed by atoms with Crippen LogP contribution in [-0.4, -0.2) is 49.8 Å². The van der Waals surface area contributed by atoms with Gasteiger partial charge < -0.3 is 13.4 Å².